The zero-order valence-corrected chi connectivity index (χ0v) is 9.51. The van der Waals surface area contributed by atoms with E-state index in [4.69, 9.17) is 5.73 Å². The molecule has 0 aromatic heterocycles. The van der Waals surface area contributed by atoms with Crippen molar-refractivity contribution in [1.82, 2.24) is 5.32 Å². The number of carbonyl (C=O) groups excluding carboxylic acids is 1. The van der Waals surface area contributed by atoms with Gasteiger partial charge in [0.2, 0.25) is 5.91 Å². The number of hydrogen-bond acceptors (Lipinski definition) is 2. The summed E-state index contributed by atoms with van der Waals surface area (Å²) >= 11 is 0. The first kappa shape index (κ1) is 13.4. The van der Waals surface area contributed by atoms with Gasteiger partial charge in [-0.2, -0.15) is 0 Å². The van der Waals surface area contributed by atoms with Crippen molar-refractivity contribution in [3.8, 4) is 0 Å². The van der Waals surface area contributed by atoms with Crippen molar-refractivity contribution in [2.45, 2.75) is 46.0 Å². The molecule has 1 amide bonds. The lowest BCUT2D eigenvalue weighted by Crippen LogP contribution is -2.35. The molecule has 0 aromatic rings. The highest BCUT2D eigenvalue weighted by Crippen LogP contribution is 2.01. The standard InChI is InChI=1S/C11H24N2O/c1-3-5-6-7-8-13-11(14)10(4-2)9-12/h10H,3-9,12H2,1-2H3,(H,13,14). The topological polar surface area (TPSA) is 55.1 Å². The van der Waals surface area contributed by atoms with Gasteiger partial charge in [-0.3, -0.25) is 4.79 Å². The predicted octanol–water partition coefficient (Wildman–Crippen LogP) is 1.67. The van der Waals surface area contributed by atoms with Crippen molar-refractivity contribution >= 4 is 5.91 Å². The molecule has 0 spiro atoms. The lowest BCUT2D eigenvalue weighted by molar-refractivity contribution is -0.124. The number of hydrogen-bond donors (Lipinski definition) is 2. The summed E-state index contributed by atoms with van der Waals surface area (Å²) < 4.78 is 0. The second-order valence-electron chi connectivity index (χ2n) is 3.69. The SMILES string of the molecule is CCCCCCNC(=O)C(CC)CN. The predicted molar refractivity (Wildman–Crippen MR) is 60.0 cm³/mol. The van der Waals surface area contributed by atoms with Gasteiger partial charge in [0, 0.05) is 19.0 Å². The Kier molecular flexibility index (Phi) is 8.64. The van der Waals surface area contributed by atoms with Gasteiger partial charge in [-0.15, -0.1) is 0 Å². The van der Waals surface area contributed by atoms with Crippen molar-refractivity contribution in [3.05, 3.63) is 0 Å². The summed E-state index contributed by atoms with van der Waals surface area (Å²) in [5.41, 5.74) is 5.48. The molecule has 3 heteroatoms. The fourth-order valence-electron chi connectivity index (χ4n) is 1.37. The second-order valence-corrected chi connectivity index (χ2v) is 3.69. The third kappa shape index (κ3) is 5.97. The van der Waals surface area contributed by atoms with E-state index in [0.29, 0.717) is 6.54 Å². The lowest BCUT2D eigenvalue weighted by Gasteiger charge is -2.12. The maximum atomic E-state index is 11.4. The maximum Gasteiger partial charge on any atom is 0.224 e. The summed E-state index contributed by atoms with van der Waals surface area (Å²) in [4.78, 5) is 11.4. The average molecular weight is 200 g/mol. The largest absolute Gasteiger partial charge is 0.356 e. The van der Waals surface area contributed by atoms with Gasteiger partial charge >= 0.3 is 0 Å². The highest BCUT2D eigenvalue weighted by Gasteiger charge is 2.12. The third-order valence-corrected chi connectivity index (χ3v) is 2.48. The first-order valence-electron chi connectivity index (χ1n) is 5.74. The normalized spacial score (nSPS) is 12.5. The van der Waals surface area contributed by atoms with Crippen LogP contribution in [0.2, 0.25) is 0 Å². The van der Waals surface area contributed by atoms with Crippen molar-refractivity contribution < 1.29 is 4.79 Å². The molecule has 84 valence electrons. The van der Waals surface area contributed by atoms with Crippen molar-refractivity contribution in [2.75, 3.05) is 13.1 Å². The van der Waals surface area contributed by atoms with Crippen LogP contribution in [0.4, 0.5) is 0 Å². The summed E-state index contributed by atoms with van der Waals surface area (Å²) in [5, 5.41) is 2.92. The Hall–Kier alpha value is -0.570. The van der Waals surface area contributed by atoms with E-state index in [1.807, 2.05) is 6.92 Å². The van der Waals surface area contributed by atoms with Crippen molar-refractivity contribution in [3.63, 3.8) is 0 Å². The van der Waals surface area contributed by atoms with Gasteiger partial charge in [0.05, 0.1) is 0 Å². The zero-order valence-electron chi connectivity index (χ0n) is 9.51. The monoisotopic (exact) mass is 200 g/mol. The van der Waals surface area contributed by atoms with Gasteiger partial charge in [0.1, 0.15) is 0 Å². The molecule has 0 aliphatic carbocycles. The Labute approximate surface area is 87.4 Å². The number of unbranched alkanes of at least 4 members (excludes halogenated alkanes) is 3. The van der Waals surface area contributed by atoms with Crippen LogP contribution >= 0.6 is 0 Å². The minimum Gasteiger partial charge on any atom is -0.356 e. The first-order valence-corrected chi connectivity index (χ1v) is 5.74. The van der Waals surface area contributed by atoms with Crippen LogP contribution in [-0.4, -0.2) is 19.0 Å². The second kappa shape index (κ2) is 9.00. The van der Waals surface area contributed by atoms with Crippen LogP contribution in [0.3, 0.4) is 0 Å². The van der Waals surface area contributed by atoms with Gasteiger partial charge in [0.15, 0.2) is 0 Å². The Morgan fingerprint density at radius 1 is 1.29 bits per heavy atom. The molecule has 0 aliphatic heterocycles. The number of amides is 1. The molecule has 0 radical (unpaired) electrons. The fourth-order valence-corrected chi connectivity index (χ4v) is 1.37. The smallest absolute Gasteiger partial charge is 0.224 e. The summed E-state index contributed by atoms with van der Waals surface area (Å²) in [7, 11) is 0. The van der Waals surface area contributed by atoms with Crippen LogP contribution in [0, 0.1) is 5.92 Å². The van der Waals surface area contributed by atoms with E-state index < -0.39 is 0 Å². The van der Waals surface area contributed by atoms with E-state index in [2.05, 4.69) is 12.2 Å². The van der Waals surface area contributed by atoms with Crippen LogP contribution in [0.1, 0.15) is 46.0 Å². The molecule has 0 rings (SSSR count). The highest BCUT2D eigenvalue weighted by atomic mass is 16.1. The molecule has 0 bridgehead atoms. The van der Waals surface area contributed by atoms with Gasteiger partial charge in [-0.1, -0.05) is 33.1 Å². The molecule has 0 fully saturated rings. The van der Waals surface area contributed by atoms with Gasteiger partial charge in [-0.05, 0) is 12.8 Å². The van der Waals surface area contributed by atoms with E-state index in [9.17, 15) is 4.79 Å². The minimum atomic E-state index is 0.00109. The Bertz CT molecular complexity index is 144. The third-order valence-electron chi connectivity index (χ3n) is 2.48. The minimum absolute atomic E-state index is 0.00109. The number of nitrogens with two attached hydrogens (primary N) is 1. The summed E-state index contributed by atoms with van der Waals surface area (Å²) in [6, 6.07) is 0. The molecule has 3 nitrogen and oxygen atoms in total. The molecule has 0 aliphatic rings. The van der Waals surface area contributed by atoms with E-state index in [0.717, 1.165) is 19.4 Å². The van der Waals surface area contributed by atoms with E-state index in [1.165, 1.54) is 19.3 Å². The van der Waals surface area contributed by atoms with Crippen LogP contribution in [-0.2, 0) is 4.79 Å². The Morgan fingerprint density at radius 2 is 2.00 bits per heavy atom. The molecule has 14 heavy (non-hydrogen) atoms. The Balaban J connectivity index is 3.43. The molecule has 0 heterocycles. The molecule has 1 atom stereocenters. The van der Waals surface area contributed by atoms with Crippen LogP contribution < -0.4 is 11.1 Å². The van der Waals surface area contributed by atoms with Crippen LogP contribution in [0.25, 0.3) is 0 Å². The maximum absolute atomic E-state index is 11.4. The zero-order chi connectivity index (χ0) is 10.8. The van der Waals surface area contributed by atoms with E-state index in [-0.39, 0.29) is 11.8 Å². The molecule has 0 aromatic carbocycles. The van der Waals surface area contributed by atoms with Gasteiger partial charge in [0.25, 0.3) is 0 Å². The average Bonchev–Trinajstić information content (AvgIpc) is 2.19. The molecular formula is C11H24N2O. The Morgan fingerprint density at radius 3 is 2.50 bits per heavy atom. The van der Waals surface area contributed by atoms with Crippen molar-refractivity contribution in [1.29, 1.82) is 0 Å². The molecule has 0 saturated carbocycles. The van der Waals surface area contributed by atoms with Gasteiger partial charge < -0.3 is 11.1 Å². The summed E-state index contributed by atoms with van der Waals surface area (Å²) in [5.74, 6) is 0.118. The quantitative estimate of drug-likeness (QED) is 0.586. The molecule has 3 N–H and O–H groups in total. The van der Waals surface area contributed by atoms with Crippen molar-refractivity contribution in [2.24, 2.45) is 11.7 Å². The van der Waals surface area contributed by atoms with Gasteiger partial charge in [-0.25, -0.2) is 0 Å². The summed E-state index contributed by atoms with van der Waals surface area (Å²) in [6.45, 7) is 5.43. The van der Waals surface area contributed by atoms with Crippen LogP contribution in [0.5, 0.6) is 0 Å². The molecule has 1 unspecified atom stereocenters. The number of nitrogens with one attached hydrogen (secondary N) is 1. The lowest BCUT2D eigenvalue weighted by atomic mass is 10.1. The highest BCUT2D eigenvalue weighted by molar-refractivity contribution is 5.78. The fraction of sp³-hybridized carbons (Fsp3) is 0.909. The molecular weight excluding hydrogens is 176 g/mol. The summed E-state index contributed by atoms with van der Waals surface area (Å²) in [6.07, 6.45) is 5.60. The number of rotatable bonds is 8. The van der Waals surface area contributed by atoms with E-state index >= 15 is 0 Å². The van der Waals surface area contributed by atoms with Crippen LogP contribution in [0.15, 0.2) is 0 Å². The first-order chi connectivity index (χ1) is 6.76. The molecule has 0 saturated heterocycles. The van der Waals surface area contributed by atoms with E-state index in [1.54, 1.807) is 0 Å². The number of carbonyl (C=O) groups is 1.